The van der Waals surface area contributed by atoms with Crippen molar-refractivity contribution < 1.29 is 19.2 Å². The van der Waals surface area contributed by atoms with Gasteiger partial charge in [0.25, 0.3) is 5.69 Å². The minimum atomic E-state index is -0.992. The molecule has 0 aliphatic heterocycles. The fourth-order valence-corrected chi connectivity index (χ4v) is 1.22. The highest BCUT2D eigenvalue weighted by Crippen LogP contribution is 2.19. The van der Waals surface area contributed by atoms with E-state index in [1.807, 2.05) is 5.32 Å². The number of methoxy groups -OCH3 is 1. The molecule has 1 rings (SSSR count). The van der Waals surface area contributed by atoms with E-state index in [9.17, 15) is 19.7 Å². The average Bonchev–Trinajstić information content (AvgIpc) is 2.36. The standard InChI is InChI=1S/C10H8BN3O5/c1-19-9(15)7(13-10(11)16)4-6-2-3-12-5-8(6)14(17)18/h2-5H,1H3,(H,13,16). The van der Waals surface area contributed by atoms with Gasteiger partial charge in [0.1, 0.15) is 11.9 Å². The van der Waals surface area contributed by atoms with Gasteiger partial charge in [0, 0.05) is 6.20 Å². The third kappa shape index (κ3) is 3.91. The van der Waals surface area contributed by atoms with Crippen LogP contribution in [-0.4, -0.2) is 36.6 Å². The molecule has 1 N–H and O–H groups in total. The molecule has 96 valence electrons. The number of nitrogens with zero attached hydrogens (tertiary/aromatic N) is 2. The van der Waals surface area contributed by atoms with Crippen molar-refractivity contribution in [1.29, 1.82) is 0 Å². The Labute approximate surface area is 109 Å². The first kappa shape index (κ1) is 14.4. The van der Waals surface area contributed by atoms with Gasteiger partial charge in [-0.25, -0.2) is 4.79 Å². The normalized spacial score (nSPS) is 10.7. The largest absolute Gasteiger partial charge is 0.464 e. The lowest BCUT2D eigenvalue weighted by Gasteiger charge is -2.06. The summed E-state index contributed by atoms with van der Waals surface area (Å²) in [6.45, 7) is 0. The highest BCUT2D eigenvalue weighted by molar-refractivity contribution is 6.57. The Morgan fingerprint density at radius 2 is 2.26 bits per heavy atom. The smallest absolute Gasteiger partial charge is 0.354 e. The molecule has 0 unspecified atom stereocenters. The molecule has 2 radical (unpaired) electrons. The van der Waals surface area contributed by atoms with Gasteiger partial charge in [0.2, 0.25) is 7.85 Å². The summed E-state index contributed by atoms with van der Waals surface area (Å²) in [5.74, 6) is -1.88. The van der Waals surface area contributed by atoms with Crippen molar-refractivity contribution in [3.63, 3.8) is 0 Å². The zero-order chi connectivity index (χ0) is 14.4. The van der Waals surface area contributed by atoms with Gasteiger partial charge in [0.15, 0.2) is 5.81 Å². The summed E-state index contributed by atoms with van der Waals surface area (Å²) in [6.07, 6.45) is 3.40. The van der Waals surface area contributed by atoms with E-state index in [0.717, 1.165) is 19.4 Å². The molecule has 8 nitrogen and oxygen atoms in total. The summed E-state index contributed by atoms with van der Waals surface area (Å²) in [5, 5.41) is 12.8. The fraction of sp³-hybridized carbons (Fsp3) is 0.100. The molecule has 0 saturated carbocycles. The van der Waals surface area contributed by atoms with E-state index in [-0.39, 0.29) is 16.9 Å². The van der Waals surface area contributed by atoms with Crippen molar-refractivity contribution in [3.8, 4) is 0 Å². The SMILES string of the molecule is [B]C(=O)NC(=Cc1ccncc1[N+](=O)[O-])C(=O)OC. The lowest BCUT2D eigenvalue weighted by Crippen LogP contribution is -2.26. The van der Waals surface area contributed by atoms with Crippen LogP contribution in [0.4, 0.5) is 10.5 Å². The maximum Gasteiger partial charge on any atom is 0.354 e. The Kier molecular flexibility index (Phi) is 4.75. The number of carbonyl (C=O) groups is 2. The quantitative estimate of drug-likeness (QED) is 0.275. The van der Waals surface area contributed by atoms with E-state index in [4.69, 9.17) is 7.85 Å². The zero-order valence-corrected chi connectivity index (χ0v) is 9.82. The minimum Gasteiger partial charge on any atom is -0.464 e. The maximum atomic E-state index is 11.4. The van der Waals surface area contributed by atoms with Gasteiger partial charge >= 0.3 is 5.97 Å². The summed E-state index contributed by atoms with van der Waals surface area (Å²) in [7, 11) is 5.99. The Balaban J connectivity index is 3.25. The van der Waals surface area contributed by atoms with Crippen LogP contribution in [0, 0.1) is 10.1 Å². The lowest BCUT2D eigenvalue weighted by molar-refractivity contribution is -0.385. The molecule has 0 saturated heterocycles. The molecule has 0 aliphatic carbocycles. The van der Waals surface area contributed by atoms with Crippen molar-refractivity contribution in [1.82, 2.24) is 10.3 Å². The average molecular weight is 261 g/mol. The van der Waals surface area contributed by atoms with Crippen molar-refractivity contribution in [3.05, 3.63) is 39.8 Å². The molecule has 0 fully saturated rings. The number of amides is 1. The molecule has 0 aromatic carbocycles. The summed E-state index contributed by atoms with van der Waals surface area (Å²) < 4.78 is 4.42. The molecule has 0 bridgehead atoms. The van der Waals surface area contributed by atoms with Gasteiger partial charge < -0.3 is 10.1 Å². The highest BCUT2D eigenvalue weighted by atomic mass is 16.6. The molecule has 0 atom stereocenters. The van der Waals surface area contributed by atoms with Gasteiger partial charge in [-0.2, -0.15) is 0 Å². The van der Waals surface area contributed by atoms with Gasteiger partial charge in [-0.05, 0) is 12.1 Å². The number of carbonyl (C=O) groups excluding carboxylic acids is 2. The Morgan fingerprint density at radius 1 is 1.58 bits per heavy atom. The molecule has 1 amide bonds. The second-order valence-electron chi connectivity index (χ2n) is 3.23. The van der Waals surface area contributed by atoms with Crippen LogP contribution < -0.4 is 5.32 Å². The molecule has 0 spiro atoms. The van der Waals surface area contributed by atoms with E-state index < -0.39 is 16.7 Å². The molecular formula is C10H8BN3O5. The number of nitro groups is 1. The van der Waals surface area contributed by atoms with Gasteiger partial charge in [-0.15, -0.1) is 0 Å². The summed E-state index contributed by atoms with van der Waals surface area (Å²) in [6, 6.07) is 1.31. The van der Waals surface area contributed by atoms with E-state index in [0.29, 0.717) is 0 Å². The topological polar surface area (TPSA) is 111 Å². The van der Waals surface area contributed by atoms with Gasteiger partial charge in [-0.1, -0.05) is 0 Å². The second-order valence-corrected chi connectivity index (χ2v) is 3.23. The molecule has 0 aliphatic rings. The maximum absolute atomic E-state index is 11.4. The highest BCUT2D eigenvalue weighted by Gasteiger charge is 2.16. The first-order valence-electron chi connectivity index (χ1n) is 4.90. The van der Waals surface area contributed by atoms with Crippen molar-refractivity contribution >= 4 is 31.4 Å². The number of pyridine rings is 1. The number of hydrogen-bond donors (Lipinski definition) is 1. The number of esters is 1. The molecule has 1 aromatic heterocycles. The lowest BCUT2D eigenvalue weighted by atomic mass is 10.1. The van der Waals surface area contributed by atoms with Crippen molar-refractivity contribution in [2.75, 3.05) is 7.11 Å². The predicted octanol–water partition coefficient (Wildman–Crippen LogP) is 0.382. The number of aromatic nitrogens is 1. The Morgan fingerprint density at radius 3 is 2.79 bits per heavy atom. The predicted molar refractivity (Wildman–Crippen MR) is 65.2 cm³/mol. The first-order chi connectivity index (χ1) is 8.95. The van der Waals surface area contributed by atoms with Crippen LogP contribution in [0.25, 0.3) is 6.08 Å². The number of nitrogens with one attached hydrogen (secondary N) is 1. The van der Waals surface area contributed by atoms with E-state index in [1.54, 1.807) is 0 Å². The van der Waals surface area contributed by atoms with Crippen LogP contribution in [0.1, 0.15) is 5.56 Å². The second kappa shape index (κ2) is 6.29. The van der Waals surface area contributed by atoms with Crippen LogP contribution in [0.15, 0.2) is 24.2 Å². The summed E-state index contributed by atoms with van der Waals surface area (Å²) in [5.41, 5.74) is -0.561. The summed E-state index contributed by atoms with van der Waals surface area (Å²) >= 11 is 0. The fourth-order valence-electron chi connectivity index (χ4n) is 1.22. The van der Waals surface area contributed by atoms with Crippen LogP contribution in [-0.2, 0) is 9.53 Å². The molecule has 19 heavy (non-hydrogen) atoms. The van der Waals surface area contributed by atoms with Crippen molar-refractivity contribution in [2.45, 2.75) is 0 Å². The van der Waals surface area contributed by atoms with Crippen LogP contribution in [0.5, 0.6) is 0 Å². The Bertz CT molecular complexity index is 558. The van der Waals surface area contributed by atoms with Crippen LogP contribution >= 0.6 is 0 Å². The monoisotopic (exact) mass is 261 g/mol. The zero-order valence-electron chi connectivity index (χ0n) is 9.82. The molecule has 1 heterocycles. The number of rotatable bonds is 4. The van der Waals surface area contributed by atoms with Crippen molar-refractivity contribution in [2.24, 2.45) is 0 Å². The minimum absolute atomic E-state index is 0.0779. The molecular weight excluding hydrogens is 253 g/mol. The van der Waals surface area contributed by atoms with E-state index in [1.165, 1.54) is 12.3 Å². The van der Waals surface area contributed by atoms with Crippen LogP contribution in [0.2, 0.25) is 0 Å². The molecule has 1 aromatic rings. The third-order valence-electron chi connectivity index (χ3n) is 1.99. The first-order valence-corrected chi connectivity index (χ1v) is 4.90. The Hall–Kier alpha value is -2.71. The molecule has 9 heteroatoms. The number of ether oxygens (including phenoxy) is 1. The third-order valence-corrected chi connectivity index (χ3v) is 1.99. The van der Waals surface area contributed by atoms with E-state index >= 15 is 0 Å². The van der Waals surface area contributed by atoms with E-state index in [2.05, 4.69) is 9.72 Å². The summed E-state index contributed by atoms with van der Waals surface area (Å²) in [4.78, 5) is 35.8. The van der Waals surface area contributed by atoms with Gasteiger partial charge in [0.05, 0.1) is 17.6 Å². The van der Waals surface area contributed by atoms with Crippen LogP contribution in [0.3, 0.4) is 0 Å². The van der Waals surface area contributed by atoms with Gasteiger partial charge in [-0.3, -0.25) is 19.9 Å². The number of hydrogen-bond acceptors (Lipinski definition) is 6.